The first-order valence-electron chi connectivity index (χ1n) is 6.35. The highest BCUT2D eigenvalue weighted by Crippen LogP contribution is 2.06. The van der Waals surface area contributed by atoms with Crippen LogP contribution in [-0.2, 0) is 9.59 Å². The minimum atomic E-state index is -0.759. The minimum Gasteiger partial charge on any atom is -0.481 e. The van der Waals surface area contributed by atoms with Crippen LogP contribution in [0.15, 0.2) is 0 Å². The van der Waals surface area contributed by atoms with E-state index < -0.39 is 11.9 Å². The lowest BCUT2D eigenvalue weighted by Gasteiger charge is -2.14. The SMILES string of the molecule is C[N+](C)(C)C.O=C(O)CCCCCCCC(=O)O. The van der Waals surface area contributed by atoms with Gasteiger partial charge in [-0.25, -0.2) is 0 Å². The number of hydrogen-bond donors (Lipinski definition) is 2. The molecule has 0 radical (unpaired) electrons. The zero-order valence-electron chi connectivity index (χ0n) is 12.1. The van der Waals surface area contributed by atoms with Crippen molar-refractivity contribution in [3.05, 3.63) is 0 Å². The molecule has 0 fully saturated rings. The van der Waals surface area contributed by atoms with E-state index in [2.05, 4.69) is 28.2 Å². The molecule has 0 atom stereocenters. The van der Waals surface area contributed by atoms with Gasteiger partial charge in [-0.1, -0.05) is 19.3 Å². The molecule has 0 aliphatic carbocycles. The van der Waals surface area contributed by atoms with E-state index in [1.165, 1.54) is 0 Å². The van der Waals surface area contributed by atoms with E-state index in [0.717, 1.165) is 23.7 Å². The van der Waals surface area contributed by atoms with Crippen molar-refractivity contribution in [2.24, 2.45) is 0 Å². The Labute approximate surface area is 110 Å². The first-order chi connectivity index (χ1) is 8.13. The number of carbonyl (C=O) groups is 2. The second kappa shape index (κ2) is 11.0. The van der Waals surface area contributed by atoms with Crippen LogP contribution >= 0.6 is 0 Å². The molecule has 0 heterocycles. The molecule has 0 bridgehead atoms. The maximum atomic E-state index is 10.1. The van der Waals surface area contributed by atoms with E-state index in [1.54, 1.807) is 0 Å². The first kappa shape index (κ1) is 19.2. The fourth-order valence-corrected chi connectivity index (χ4v) is 1.08. The first-order valence-corrected chi connectivity index (χ1v) is 6.35. The van der Waals surface area contributed by atoms with Gasteiger partial charge in [-0.2, -0.15) is 0 Å². The molecule has 0 amide bonds. The third-order valence-corrected chi connectivity index (χ3v) is 1.78. The number of unbranched alkanes of at least 4 members (excludes halogenated alkanes) is 4. The molecular weight excluding hydrogens is 234 g/mol. The van der Waals surface area contributed by atoms with E-state index in [0.29, 0.717) is 12.8 Å². The normalized spacial score (nSPS) is 10.4. The Morgan fingerprint density at radius 2 is 0.944 bits per heavy atom. The summed E-state index contributed by atoms with van der Waals surface area (Å²) in [7, 11) is 8.50. The summed E-state index contributed by atoms with van der Waals surface area (Å²) < 4.78 is 1.00. The molecular formula is C13H28NO4+. The number of carboxylic acid groups (broad SMARTS) is 2. The third-order valence-electron chi connectivity index (χ3n) is 1.78. The molecule has 108 valence electrons. The second-order valence-corrected chi connectivity index (χ2v) is 5.74. The zero-order chi connectivity index (χ0) is 14.6. The number of quaternary nitrogens is 1. The van der Waals surface area contributed by atoms with Gasteiger partial charge in [-0.15, -0.1) is 0 Å². The molecule has 0 aliphatic rings. The lowest BCUT2D eigenvalue weighted by atomic mass is 10.1. The molecule has 0 aliphatic heterocycles. The molecule has 0 aromatic heterocycles. The van der Waals surface area contributed by atoms with Crippen LogP contribution in [-0.4, -0.2) is 54.8 Å². The Hall–Kier alpha value is -1.10. The molecule has 0 spiro atoms. The average Bonchev–Trinajstić information content (AvgIpc) is 2.12. The largest absolute Gasteiger partial charge is 0.481 e. The number of rotatable bonds is 8. The van der Waals surface area contributed by atoms with Crippen molar-refractivity contribution in [2.75, 3.05) is 28.2 Å². The van der Waals surface area contributed by atoms with Crippen LogP contribution in [0, 0.1) is 0 Å². The van der Waals surface area contributed by atoms with Crippen LogP contribution in [0.25, 0.3) is 0 Å². The van der Waals surface area contributed by atoms with Gasteiger partial charge >= 0.3 is 11.9 Å². The predicted octanol–water partition coefficient (Wildman–Crippen LogP) is 2.21. The quantitative estimate of drug-likeness (QED) is 0.519. The molecule has 18 heavy (non-hydrogen) atoms. The van der Waals surface area contributed by atoms with Crippen molar-refractivity contribution in [3.8, 4) is 0 Å². The molecule has 0 unspecified atom stereocenters. The van der Waals surface area contributed by atoms with E-state index in [9.17, 15) is 9.59 Å². The molecule has 5 heteroatoms. The average molecular weight is 262 g/mol. The Morgan fingerprint density at radius 3 is 1.17 bits per heavy atom. The summed E-state index contributed by atoms with van der Waals surface area (Å²) >= 11 is 0. The second-order valence-electron chi connectivity index (χ2n) is 5.74. The molecule has 0 aromatic rings. The van der Waals surface area contributed by atoms with E-state index in [1.807, 2.05) is 0 Å². The van der Waals surface area contributed by atoms with Gasteiger partial charge < -0.3 is 14.7 Å². The third kappa shape index (κ3) is 36.3. The molecule has 5 nitrogen and oxygen atoms in total. The zero-order valence-corrected chi connectivity index (χ0v) is 12.1. The highest BCUT2D eigenvalue weighted by Gasteiger charge is 1.98. The lowest BCUT2D eigenvalue weighted by molar-refractivity contribution is -0.849. The van der Waals surface area contributed by atoms with Gasteiger partial charge in [0.05, 0.1) is 28.2 Å². The van der Waals surface area contributed by atoms with Crippen LogP contribution in [0.4, 0.5) is 0 Å². The van der Waals surface area contributed by atoms with Gasteiger partial charge in [-0.3, -0.25) is 9.59 Å². The summed E-state index contributed by atoms with van der Waals surface area (Å²) in [6.07, 6.45) is 4.53. The molecule has 0 aromatic carbocycles. The monoisotopic (exact) mass is 262 g/mol. The van der Waals surface area contributed by atoms with Crippen molar-refractivity contribution in [2.45, 2.75) is 44.9 Å². The Bertz CT molecular complexity index is 210. The van der Waals surface area contributed by atoms with Crippen molar-refractivity contribution in [1.29, 1.82) is 0 Å². The molecule has 0 rings (SSSR count). The standard InChI is InChI=1S/C9H16O4.C4H12N/c10-8(11)6-4-2-1-3-5-7-9(12)13;1-5(2,3)4/h1-7H2,(H,10,11)(H,12,13);1-4H3/q;+1. The van der Waals surface area contributed by atoms with Gasteiger partial charge in [0.1, 0.15) is 0 Å². The molecule has 2 N–H and O–H groups in total. The van der Waals surface area contributed by atoms with Crippen molar-refractivity contribution < 1.29 is 24.3 Å². The fourth-order valence-electron chi connectivity index (χ4n) is 1.08. The lowest BCUT2D eigenvalue weighted by Crippen LogP contribution is -2.27. The predicted molar refractivity (Wildman–Crippen MR) is 71.5 cm³/mol. The van der Waals surface area contributed by atoms with Gasteiger partial charge in [-0.05, 0) is 12.8 Å². The topological polar surface area (TPSA) is 74.6 Å². The van der Waals surface area contributed by atoms with Crippen LogP contribution in [0.3, 0.4) is 0 Å². The van der Waals surface area contributed by atoms with Gasteiger partial charge in [0.25, 0.3) is 0 Å². The van der Waals surface area contributed by atoms with Gasteiger partial charge in [0, 0.05) is 12.8 Å². The Kier molecular flexibility index (Phi) is 11.8. The molecule has 0 saturated carbocycles. The van der Waals surface area contributed by atoms with Crippen molar-refractivity contribution >= 4 is 11.9 Å². The number of carboxylic acids is 2. The van der Waals surface area contributed by atoms with Gasteiger partial charge in [0.2, 0.25) is 0 Å². The highest BCUT2D eigenvalue weighted by molar-refractivity contribution is 5.66. The van der Waals surface area contributed by atoms with Crippen molar-refractivity contribution in [1.82, 2.24) is 0 Å². The summed E-state index contributed by atoms with van der Waals surface area (Å²) in [5, 5.41) is 16.6. The number of aliphatic carboxylic acids is 2. The molecule has 0 saturated heterocycles. The highest BCUT2D eigenvalue weighted by atomic mass is 16.4. The Balaban J connectivity index is 0. The Morgan fingerprint density at radius 1 is 0.722 bits per heavy atom. The maximum Gasteiger partial charge on any atom is 0.303 e. The van der Waals surface area contributed by atoms with E-state index in [4.69, 9.17) is 10.2 Å². The van der Waals surface area contributed by atoms with E-state index in [-0.39, 0.29) is 12.8 Å². The smallest absolute Gasteiger partial charge is 0.303 e. The van der Waals surface area contributed by atoms with Crippen LogP contribution in [0.2, 0.25) is 0 Å². The summed E-state index contributed by atoms with van der Waals surface area (Å²) in [6.45, 7) is 0. The summed E-state index contributed by atoms with van der Waals surface area (Å²) in [4.78, 5) is 20.2. The van der Waals surface area contributed by atoms with Crippen LogP contribution < -0.4 is 0 Å². The van der Waals surface area contributed by atoms with Gasteiger partial charge in [0.15, 0.2) is 0 Å². The summed E-state index contributed by atoms with van der Waals surface area (Å²) in [6, 6.07) is 0. The van der Waals surface area contributed by atoms with Crippen LogP contribution in [0.1, 0.15) is 44.9 Å². The van der Waals surface area contributed by atoms with Crippen LogP contribution in [0.5, 0.6) is 0 Å². The number of hydrogen-bond acceptors (Lipinski definition) is 2. The summed E-state index contributed by atoms with van der Waals surface area (Å²) in [5.41, 5.74) is 0. The van der Waals surface area contributed by atoms with E-state index >= 15 is 0 Å². The maximum absolute atomic E-state index is 10.1. The minimum absolute atomic E-state index is 0.221. The fraction of sp³-hybridized carbons (Fsp3) is 0.846. The number of nitrogens with zero attached hydrogens (tertiary/aromatic N) is 1. The summed E-state index contributed by atoms with van der Waals surface area (Å²) in [5.74, 6) is -1.52. The van der Waals surface area contributed by atoms with Crippen molar-refractivity contribution in [3.63, 3.8) is 0 Å².